The van der Waals surface area contributed by atoms with Gasteiger partial charge >= 0.3 is 5.97 Å². The van der Waals surface area contributed by atoms with Crippen LogP contribution in [0.5, 0.6) is 5.88 Å². The van der Waals surface area contributed by atoms with Gasteiger partial charge < -0.3 is 9.84 Å². The van der Waals surface area contributed by atoms with Gasteiger partial charge in [-0.15, -0.1) is 0 Å². The summed E-state index contributed by atoms with van der Waals surface area (Å²) in [5.74, 6) is -0.190. The maximum Gasteiger partial charge on any atom is 0.304 e. The number of rotatable bonds is 4. The number of hydrogen-bond donors (Lipinski definition) is 1. The summed E-state index contributed by atoms with van der Waals surface area (Å²) in [5.41, 5.74) is 0.843. The highest BCUT2D eigenvalue weighted by Crippen LogP contribution is 2.46. The Morgan fingerprint density at radius 3 is 2.88 bits per heavy atom. The largest absolute Gasteiger partial charge is 0.481 e. The third-order valence-electron chi connectivity index (χ3n) is 3.36. The van der Waals surface area contributed by atoms with E-state index in [9.17, 15) is 4.79 Å². The molecule has 0 bridgehead atoms. The molecule has 0 amide bonds. The van der Waals surface area contributed by atoms with E-state index in [2.05, 4.69) is 4.98 Å². The van der Waals surface area contributed by atoms with Crippen molar-refractivity contribution in [3.63, 3.8) is 0 Å². The molecule has 0 unspecified atom stereocenters. The van der Waals surface area contributed by atoms with Crippen LogP contribution in [-0.4, -0.2) is 23.2 Å². The molecule has 0 saturated heterocycles. The fourth-order valence-corrected chi connectivity index (χ4v) is 2.31. The molecule has 4 heteroatoms. The van der Waals surface area contributed by atoms with E-state index in [1.807, 2.05) is 12.1 Å². The normalized spacial score (nSPS) is 17.6. The molecule has 1 saturated carbocycles. The number of aromatic nitrogens is 1. The fraction of sp³-hybridized carbons (Fsp3) is 0.500. The molecule has 86 valence electrons. The van der Waals surface area contributed by atoms with Gasteiger partial charge in [0.15, 0.2) is 0 Å². The molecule has 1 heterocycles. The SMILES string of the molecule is COc1cc(C2(CC(=O)O)CCC2)ccn1. The van der Waals surface area contributed by atoms with E-state index in [0.29, 0.717) is 5.88 Å². The monoisotopic (exact) mass is 221 g/mol. The number of pyridine rings is 1. The fourth-order valence-electron chi connectivity index (χ4n) is 2.31. The number of nitrogens with zero attached hydrogens (tertiary/aromatic N) is 1. The van der Waals surface area contributed by atoms with Gasteiger partial charge in [-0.3, -0.25) is 4.79 Å². The lowest BCUT2D eigenvalue weighted by Gasteiger charge is -2.41. The highest BCUT2D eigenvalue weighted by molar-refractivity contribution is 5.69. The quantitative estimate of drug-likeness (QED) is 0.844. The van der Waals surface area contributed by atoms with Crippen molar-refractivity contribution in [1.29, 1.82) is 0 Å². The van der Waals surface area contributed by atoms with Crippen LogP contribution < -0.4 is 4.74 Å². The maximum atomic E-state index is 10.9. The minimum Gasteiger partial charge on any atom is -0.481 e. The van der Waals surface area contributed by atoms with E-state index in [1.54, 1.807) is 13.3 Å². The molecule has 1 aliphatic carbocycles. The number of carboxylic acids is 1. The molecule has 1 aromatic heterocycles. The summed E-state index contributed by atoms with van der Waals surface area (Å²) in [7, 11) is 1.57. The molecule has 0 spiro atoms. The van der Waals surface area contributed by atoms with Gasteiger partial charge in [-0.25, -0.2) is 4.98 Å². The Morgan fingerprint density at radius 1 is 1.62 bits per heavy atom. The van der Waals surface area contributed by atoms with Crippen molar-refractivity contribution in [2.24, 2.45) is 0 Å². The van der Waals surface area contributed by atoms with Crippen LogP contribution in [0.25, 0.3) is 0 Å². The summed E-state index contributed by atoms with van der Waals surface area (Å²) < 4.78 is 5.07. The molecular weight excluding hydrogens is 206 g/mol. The second-order valence-corrected chi connectivity index (χ2v) is 4.29. The number of carboxylic acid groups (broad SMARTS) is 1. The van der Waals surface area contributed by atoms with Crippen molar-refractivity contribution in [3.05, 3.63) is 23.9 Å². The summed E-state index contributed by atoms with van der Waals surface area (Å²) in [6.07, 6.45) is 4.84. The molecule has 1 N–H and O–H groups in total. The van der Waals surface area contributed by atoms with Crippen molar-refractivity contribution in [3.8, 4) is 5.88 Å². The van der Waals surface area contributed by atoms with E-state index in [-0.39, 0.29) is 11.8 Å². The van der Waals surface area contributed by atoms with Crippen molar-refractivity contribution < 1.29 is 14.6 Å². The van der Waals surface area contributed by atoms with E-state index in [1.165, 1.54) is 0 Å². The second-order valence-electron chi connectivity index (χ2n) is 4.29. The van der Waals surface area contributed by atoms with Crippen LogP contribution in [0.4, 0.5) is 0 Å². The number of ether oxygens (including phenoxy) is 1. The Hall–Kier alpha value is -1.58. The van der Waals surface area contributed by atoms with Gasteiger partial charge in [-0.1, -0.05) is 6.42 Å². The highest BCUT2D eigenvalue weighted by Gasteiger charge is 2.40. The van der Waals surface area contributed by atoms with Crippen LogP contribution in [0.1, 0.15) is 31.2 Å². The Kier molecular flexibility index (Phi) is 2.81. The topological polar surface area (TPSA) is 59.4 Å². The van der Waals surface area contributed by atoms with Gasteiger partial charge in [0.05, 0.1) is 13.5 Å². The lowest BCUT2D eigenvalue weighted by atomic mass is 9.63. The first-order chi connectivity index (χ1) is 7.66. The zero-order valence-electron chi connectivity index (χ0n) is 9.27. The lowest BCUT2D eigenvalue weighted by molar-refractivity contribution is -0.139. The average Bonchev–Trinajstić information content (AvgIpc) is 2.23. The maximum absolute atomic E-state index is 10.9. The van der Waals surface area contributed by atoms with E-state index in [4.69, 9.17) is 9.84 Å². The Balaban J connectivity index is 2.29. The van der Waals surface area contributed by atoms with Crippen LogP contribution in [0.2, 0.25) is 0 Å². The molecule has 1 aromatic rings. The molecule has 0 aromatic carbocycles. The average molecular weight is 221 g/mol. The molecule has 2 rings (SSSR count). The minimum absolute atomic E-state index is 0.192. The van der Waals surface area contributed by atoms with Gasteiger partial charge in [0.1, 0.15) is 0 Å². The molecule has 0 radical (unpaired) electrons. The third-order valence-corrected chi connectivity index (χ3v) is 3.36. The summed E-state index contributed by atoms with van der Waals surface area (Å²) >= 11 is 0. The molecule has 4 nitrogen and oxygen atoms in total. The van der Waals surface area contributed by atoms with Crippen LogP contribution in [0.3, 0.4) is 0 Å². The Morgan fingerprint density at radius 2 is 2.38 bits per heavy atom. The van der Waals surface area contributed by atoms with Crippen LogP contribution in [0, 0.1) is 0 Å². The molecular formula is C12H15NO3. The number of aliphatic carboxylic acids is 1. The predicted molar refractivity (Wildman–Crippen MR) is 58.6 cm³/mol. The van der Waals surface area contributed by atoms with E-state index in [0.717, 1.165) is 24.8 Å². The van der Waals surface area contributed by atoms with Gasteiger partial charge in [0.25, 0.3) is 0 Å². The van der Waals surface area contributed by atoms with Gasteiger partial charge in [0, 0.05) is 17.7 Å². The first kappa shape index (κ1) is 10.9. The first-order valence-electron chi connectivity index (χ1n) is 5.39. The summed E-state index contributed by atoms with van der Waals surface area (Å²) in [6, 6.07) is 3.74. The van der Waals surface area contributed by atoms with E-state index < -0.39 is 5.97 Å². The lowest BCUT2D eigenvalue weighted by Crippen LogP contribution is -2.36. The van der Waals surface area contributed by atoms with Crippen molar-refractivity contribution in [1.82, 2.24) is 4.98 Å². The van der Waals surface area contributed by atoms with Crippen molar-refractivity contribution >= 4 is 5.97 Å². The molecule has 0 aliphatic heterocycles. The Labute approximate surface area is 94.3 Å². The minimum atomic E-state index is -0.740. The van der Waals surface area contributed by atoms with Gasteiger partial charge in [-0.05, 0) is 24.5 Å². The predicted octanol–water partition coefficient (Wildman–Crippen LogP) is 1.99. The zero-order chi connectivity index (χ0) is 11.6. The molecule has 16 heavy (non-hydrogen) atoms. The van der Waals surface area contributed by atoms with Crippen molar-refractivity contribution in [2.75, 3.05) is 7.11 Å². The van der Waals surface area contributed by atoms with Crippen molar-refractivity contribution in [2.45, 2.75) is 31.1 Å². The smallest absolute Gasteiger partial charge is 0.304 e. The zero-order valence-corrected chi connectivity index (χ0v) is 9.27. The number of carbonyl (C=O) groups is 1. The van der Waals surface area contributed by atoms with Crippen LogP contribution >= 0.6 is 0 Å². The Bertz CT molecular complexity index is 399. The molecule has 0 atom stereocenters. The van der Waals surface area contributed by atoms with Crippen LogP contribution in [-0.2, 0) is 10.2 Å². The van der Waals surface area contributed by atoms with Crippen LogP contribution in [0.15, 0.2) is 18.3 Å². The second kappa shape index (κ2) is 4.12. The molecule has 1 aliphatic rings. The summed E-state index contributed by atoms with van der Waals surface area (Å²) in [4.78, 5) is 14.9. The highest BCUT2D eigenvalue weighted by atomic mass is 16.5. The van der Waals surface area contributed by atoms with E-state index >= 15 is 0 Å². The van der Waals surface area contributed by atoms with Gasteiger partial charge in [0.2, 0.25) is 5.88 Å². The van der Waals surface area contributed by atoms with Gasteiger partial charge in [-0.2, -0.15) is 0 Å². The summed E-state index contributed by atoms with van der Waals surface area (Å²) in [6.45, 7) is 0. The summed E-state index contributed by atoms with van der Waals surface area (Å²) in [5, 5.41) is 8.96. The number of hydrogen-bond acceptors (Lipinski definition) is 3. The standard InChI is InChI=1S/C12H15NO3/c1-16-10-7-9(3-6-13-10)12(4-2-5-12)8-11(14)15/h3,6-7H,2,4-5,8H2,1H3,(H,14,15). The first-order valence-corrected chi connectivity index (χ1v) is 5.39. The third kappa shape index (κ3) is 1.87. The number of methoxy groups -OCH3 is 1. The molecule has 1 fully saturated rings.